The molecule has 26 heavy (non-hydrogen) atoms. The van der Waals surface area contributed by atoms with E-state index in [1.165, 1.54) is 24.2 Å². The van der Waals surface area contributed by atoms with Crippen LogP contribution in [0.4, 0.5) is 10.3 Å². The van der Waals surface area contributed by atoms with Crippen LogP contribution in [0, 0.1) is 5.82 Å². The number of anilines is 1. The molecular formula is C19H15FN4O2. The highest BCUT2D eigenvalue weighted by Gasteiger charge is 2.37. The predicted molar refractivity (Wildman–Crippen MR) is 93.6 cm³/mol. The quantitative estimate of drug-likeness (QED) is 0.736. The first-order valence-corrected chi connectivity index (χ1v) is 7.99. The molecule has 0 unspecified atom stereocenters. The van der Waals surface area contributed by atoms with Crippen LogP contribution >= 0.6 is 0 Å². The summed E-state index contributed by atoms with van der Waals surface area (Å²) < 4.78 is 21.1. The monoisotopic (exact) mass is 350 g/mol. The van der Waals surface area contributed by atoms with Crippen LogP contribution in [-0.2, 0) is 9.53 Å². The summed E-state index contributed by atoms with van der Waals surface area (Å²) in [7, 11) is 1.30. The van der Waals surface area contributed by atoms with Gasteiger partial charge in [0.15, 0.2) is 0 Å². The largest absolute Gasteiger partial charge is 0.466 e. The molecule has 0 radical (unpaired) electrons. The molecule has 1 atom stereocenters. The summed E-state index contributed by atoms with van der Waals surface area (Å²) in [6.07, 6.45) is 1.36. The molecule has 6 nitrogen and oxygen atoms in total. The molecule has 0 bridgehead atoms. The van der Waals surface area contributed by atoms with Gasteiger partial charge >= 0.3 is 5.97 Å². The number of benzene rings is 2. The second kappa shape index (κ2) is 6.44. The van der Waals surface area contributed by atoms with E-state index in [9.17, 15) is 9.18 Å². The number of methoxy groups -OCH3 is 1. The Balaban J connectivity index is 2.01. The molecule has 1 N–H and O–H groups in total. The van der Waals surface area contributed by atoms with Crippen molar-refractivity contribution in [2.45, 2.75) is 6.04 Å². The van der Waals surface area contributed by atoms with Crippen LogP contribution in [0.1, 0.15) is 17.2 Å². The van der Waals surface area contributed by atoms with Crippen molar-refractivity contribution in [1.82, 2.24) is 14.8 Å². The highest BCUT2D eigenvalue weighted by molar-refractivity contribution is 6.02. The van der Waals surface area contributed by atoms with Gasteiger partial charge in [0.25, 0.3) is 0 Å². The van der Waals surface area contributed by atoms with Crippen LogP contribution in [0.15, 0.2) is 66.5 Å². The molecule has 1 aliphatic rings. The van der Waals surface area contributed by atoms with Gasteiger partial charge in [-0.3, -0.25) is 0 Å². The zero-order valence-corrected chi connectivity index (χ0v) is 13.9. The lowest BCUT2D eigenvalue weighted by molar-refractivity contribution is -0.136. The summed E-state index contributed by atoms with van der Waals surface area (Å²) in [5, 5.41) is 7.31. The Bertz CT molecular complexity index is 998. The van der Waals surface area contributed by atoms with E-state index in [-0.39, 0.29) is 5.57 Å². The van der Waals surface area contributed by atoms with Crippen LogP contribution in [0.5, 0.6) is 0 Å². The topological polar surface area (TPSA) is 69.0 Å². The third-order valence-electron chi connectivity index (χ3n) is 4.26. The van der Waals surface area contributed by atoms with E-state index < -0.39 is 17.8 Å². The number of esters is 1. The first kappa shape index (κ1) is 16.0. The second-order valence-electron chi connectivity index (χ2n) is 5.72. The van der Waals surface area contributed by atoms with E-state index in [0.717, 1.165) is 5.56 Å². The zero-order valence-electron chi connectivity index (χ0n) is 13.9. The predicted octanol–water partition coefficient (Wildman–Crippen LogP) is 3.02. The van der Waals surface area contributed by atoms with Gasteiger partial charge in [-0.25, -0.2) is 13.9 Å². The van der Waals surface area contributed by atoms with Crippen LogP contribution < -0.4 is 5.32 Å². The second-order valence-corrected chi connectivity index (χ2v) is 5.72. The number of carbonyl (C=O) groups excluding carboxylic acids is 1. The fraction of sp³-hybridized carbons (Fsp3) is 0.105. The van der Waals surface area contributed by atoms with Crippen molar-refractivity contribution in [3.63, 3.8) is 0 Å². The molecule has 0 saturated carbocycles. The Hall–Kier alpha value is -3.48. The van der Waals surface area contributed by atoms with Crippen molar-refractivity contribution in [2.24, 2.45) is 0 Å². The zero-order chi connectivity index (χ0) is 18.1. The van der Waals surface area contributed by atoms with Gasteiger partial charge in [0.2, 0.25) is 5.95 Å². The average molecular weight is 350 g/mol. The van der Waals surface area contributed by atoms with E-state index in [1.807, 2.05) is 30.3 Å². The summed E-state index contributed by atoms with van der Waals surface area (Å²) >= 11 is 0. The van der Waals surface area contributed by atoms with E-state index in [1.54, 1.807) is 18.2 Å². The number of nitrogens with one attached hydrogen (secondary N) is 1. The Kier molecular flexibility index (Phi) is 3.96. The average Bonchev–Trinajstić information content (AvgIpc) is 3.15. The summed E-state index contributed by atoms with van der Waals surface area (Å²) in [6.45, 7) is 0. The maximum atomic E-state index is 14.6. The summed E-state index contributed by atoms with van der Waals surface area (Å²) in [5.74, 6) is -0.579. The van der Waals surface area contributed by atoms with Crippen LogP contribution in [-0.4, -0.2) is 27.8 Å². The maximum absolute atomic E-state index is 14.6. The van der Waals surface area contributed by atoms with Gasteiger partial charge in [-0.2, -0.15) is 10.1 Å². The van der Waals surface area contributed by atoms with Crippen LogP contribution in [0.25, 0.3) is 5.70 Å². The molecule has 0 fully saturated rings. The number of rotatable bonds is 3. The van der Waals surface area contributed by atoms with Crippen molar-refractivity contribution in [3.05, 3.63) is 83.4 Å². The lowest BCUT2D eigenvalue weighted by atomic mass is 9.92. The number of halogens is 1. The molecule has 130 valence electrons. The molecule has 7 heteroatoms. The molecule has 2 heterocycles. The van der Waals surface area contributed by atoms with Crippen molar-refractivity contribution in [1.29, 1.82) is 0 Å². The van der Waals surface area contributed by atoms with E-state index in [2.05, 4.69) is 15.4 Å². The van der Waals surface area contributed by atoms with Gasteiger partial charge in [-0.15, -0.1) is 0 Å². The van der Waals surface area contributed by atoms with Crippen LogP contribution in [0.3, 0.4) is 0 Å². The van der Waals surface area contributed by atoms with Gasteiger partial charge in [0.1, 0.15) is 18.2 Å². The number of hydrogen-bond acceptors (Lipinski definition) is 5. The molecular weight excluding hydrogens is 335 g/mol. The molecule has 0 amide bonds. The number of carbonyl (C=O) groups is 1. The lowest BCUT2D eigenvalue weighted by Gasteiger charge is -2.29. The third-order valence-corrected chi connectivity index (χ3v) is 4.26. The molecule has 4 rings (SSSR count). The molecule has 1 aromatic heterocycles. The molecule has 0 aliphatic carbocycles. The SMILES string of the molecule is COC(=O)C1=C(c2ccccc2)Nc2ncnn2[C@H]1c1ccccc1F. The Labute approximate surface area is 148 Å². The minimum absolute atomic E-state index is 0.266. The van der Waals surface area contributed by atoms with Gasteiger partial charge in [0, 0.05) is 5.56 Å². The smallest absolute Gasteiger partial charge is 0.338 e. The minimum atomic E-state index is -0.794. The number of hydrogen-bond donors (Lipinski definition) is 1. The Morgan fingerprint density at radius 3 is 2.62 bits per heavy atom. The summed E-state index contributed by atoms with van der Waals surface area (Å²) in [4.78, 5) is 16.9. The number of aromatic nitrogens is 3. The van der Waals surface area contributed by atoms with Gasteiger partial charge in [-0.05, 0) is 11.6 Å². The van der Waals surface area contributed by atoms with Crippen molar-refractivity contribution < 1.29 is 13.9 Å². The number of fused-ring (bicyclic) bond motifs is 1. The molecule has 2 aromatic carbocycles. The highest BCUT2D eigenvalue weighted by Crippen LogP contribution is 2.39. The minimum Gasteiger partial charge on any atom is -0.466 e. The standard InChI is InChI=1S/C19H15FN4O2/c1-26-18(25)15-16(12-7-3-2-4-8-12)23-19-21-11-22-24(19)17(15)13-9-5-6-10-14(13)20/h2-11,17H,1H3,(H,21,22,23)/t17-/m0/s1. The maximum Gasteiger partial charge on any atom is 0.338 e. The van der Waals surface area contributed by atoms with Crippen molar-refractivity contribution in [3.8, 4) is 0 Å². The van der Waals surface area contributed by atoms with Gasteiger partial charge in [0.05, 0.1) is 18.4 Å². The number of nitrogens with zero attached hydrogens (tertiary/aromatic N) is 3. The number of ether oxygens (including phenoxy) is 1. The van der Waals surface area contributed by atoms with E-state index in [0.29, 0.717) is 17.2 Å². The fourth-order valence-corrected chi connectivity index (χ4v) is 3.11. The van der Waals surface area contributed by atoms with E-state index >= 15 is 0 Å². The Morgan fingerprint density at radius 2 is 1.88 bits per heavy atom. The highest BCUT2D eigenvalue weighted by atomic mass is 19.1. The molecule has 1 aliphatic heterocycles. The van der Waals surface area contributed by atoms with Crippen molar-refractivity contribution in [2.75, 3.05) is 12.4 Å². The van der Waals surface area contributed by atoms with E-state index in [4.69, 9.17) is 4.74 Å². The van der Waals surface area contributed by atoms with Gasteiger partial charge in [-0.1, -0.05) is 48.5 Å². The van der Waals surface area contributed by atoms with Gasteiger partial charge < -0.3 is 10.1 Å². The molecule has 0 spiro atoms. The Morgan fingerprint density at radius 1 is 1.15 bits per heavy atom. The van der Waals surface area contributed by atoms with Crippen molar-refractivity contribution >= 4 is 17.6 Å². The third kappa shape index (κ3) is 2.54. The lowest BCUT2D eigenvalue weighted by Crippen LogP contribution is -2.30. The molecule has 3 aromatic rings. The van der Waals surface area contributed by atoms with Crippen LogP contribution in [0.2, 0.25) is 0 Å². The summed E-state index contributed by atoms with van der Waals surface area (Å²) in [5.41, 5.74) is 1.87. The molecule has 0 saturated heterocycles. The summed E-state index contributed by atoms with van der Waals surface area (Å²) in [6, 6.07) is 14.8. The first-order chi connectivity index (χ1) is 12.7. The first-order valence-electron chi connectivity index (χ1n) is 7.99. The normalized spacial score (nSPS) is 16.0. The fourth-order valence-electron chi connectivity index (χ4n) is 3.11.